The molecule has 0 amide bonds. The van der Waals surface area contributed by atoms with Gasteiger partial charge in [-0.15, -0.1) is 0 Å². The molecule has 0 heterocycles. The average Bonchev–Trinajstić information content (AvgIpc) is 2.20. The SMILES string of the molecule is COc1ccc(NCCC#N)c(C)c1. The molecular weight excluding hydrogens is 176 g/mol. The molecule has 0 atom stereocenters. The van der Waals surface area contributed by atoms with Crippen LogP contribution in [0.3, 0.4) is 0 Å². The number of anilines is 1. The van der Waals surface area contributed by atoms with Crippen molar-refractivity contribution in [1.82, 2.24) is 0 Å². The fourth-order valence-electron chi connectivity index (χ4n) is 1.21. The highest BCUT2D eigenvalue weighted by atomic mass is 16.5. The molecule has 1 aromatic carbocycles. The van der Waals surface area contributed by atoms with Gasteiger partial charge in [-0.3, -0.25) is 0 Å². The molecule has 0 aliphatic heterocycles. The second-order valence-electron chi connectivity index (χ2n) is 3.02. The number of benzene rings is 1. The Hall–Kier alpha value is -1.69. The van der Waals surface area contributed by atoms with Crippen LogP contribution in [0.25, 0.3) is 0 Å². The number of aryl methyl sites for hydroxylation is 1. The summed E-state index contributed by atoms with van der Waals surface area (Å²) in [4.78, 5) is 0. The number of hydrogen-bond acceptors (Lipinski definition) is 3. The van der Waals surface area contributed by atoms with Gasteiger partial charge in [0.05, 0.1) is 19.6 Å². The van der Waals surface area contributed by atoms with Crippen LogP contribution in [0.1, 0.15) is 12.0 Å². The monoisotopic (exact) mass is 190 g/mol. The minimum Gasteiger partial charge on any atom is -0.497 e. The lowest BCUT2D eigenvalue weighted by molar-refractivity contribution is 0.414. The predicted octanol–water partition coefficient (Wildman–Crippen LogP) is 2.33. The van der Waals surface area contributed by atoms with E-state index < -0.39 is 0 Å². The van der Waals surface area contributed by atoms with Crippen LogP contribution in [0.2, 0.25) is 0 Å². The second kappa shape index (κ2) is 5.13. The zero-order valence-corrected chi connectivity index (χ0v) is 8.50. The van der Waals surface area contributed by atoms with Crippen molar-refractivity contribution in [2.24, 2.45) is 0 Å². The summed E-state index contributed by atoms with van der Waals surface area (Å²) in [7, 11) is 1.65. The Labute approximate surface area is 84.3 Å². The van der Waals surface area contributed by atoms with E-state index in [2.05, 4.69) is 11.4 Å². The lowest BCUT2D eigenvalue weighted by atomic mass is 10.2. The van der Waals surface area contributed by atoms with Gasteiger partial charge in [-0.2, -0.15) is 5.26 Å². The summed E-state index contributed by atoms with van der Waals surface area (Å²) in [5.74, 6) is 0.855. The normalized spacial score (nSPS) is 9.21. The summed E-state index contributed by atoms with van der Waals surface area (Å²) < 4.78 is 5.10. The van der Waals surface area contributed by atoms with Crippen molar-refractivity contribution >= 4 is 5.69 Å². The van der Waals surface area contributed by atoms with Crippen molar-refractivity contribution in [3.8, 4) is 11.8 Å². The fourth-order valence-corrected chi connectivity index (χ4v) is 1.21. The Morgan fingerprint density at radius 1 is 1.50 bits per heavy atom. The number of nitriles is 1. The third-order valence-corrected chi connectivity index (χ3v) is 1.99. The summed E-state index contributed by atoms with van der Waals surface area (Å²) in [6.45, 7) is 2.70. The molecule has 3 heteroatoms. The molecule has 0 spiro atoms. The molecule has 0 fully saturated rings. The van der Waals surface area contributed by atoms with Crippen LogP contribution in [-0.4, -0.2) is 13.7 Å². The van der Waals surface area contributed by atoms with Crippen LogP contribution in [0.15, 0.2) is 18.2 Å². The lowest BCUT2D eigenvalue weighted by Crippen LogP contribution is -2.01. The molecule has 0 radical (unpaired) electrons. The van der Waals surface area contributed by atoms with E-state index in [4.69, 9.17) is 10.00 Å². The zero-order valence-electron chi connectivity index (χ0n) is 8.50. The van der Waals surface area contributed by atoms with Crippen LogP contribution in [0.5, 0.6) is 5.75 Å². The summed E-state index contributed by atoms with van der Waals surface area (Å²) in [6.07, 6.45) is 0.519. The maximum absolute atomic E-state index is 8.39. The molecule has 1 aromatic rings. The van der Waals surface area contributed by atoms with Crippen LogP contribution in [-0.2, 0) is 0 Å². The average molecular weight is 190 g/mol. The van der Waals surface area contributed by atoms with Crippen molar-refractivity contribution in [2.75, 3.05) is 19.0 Å². The number of nitrogens with zero attached hydrogens (tertiary/aromatic N) is 1. The topological polar surface area (TPSA) is 45.0 Å². The number of nitrogens with one attached hydrogen (secondary N) is 1. The molecule has 0 bridgehead atoms. The van der Waals surface area contributed by atoms with E-state index in [0.29, 0.717) is 13.0 Å². The van der Waals surface area contributed by atoms with E-state index in [1.807, 2.05) is 25.1 Å². The molecule has 0 aliphatic carbocycles. The largest absolute Gasteiger partial charge is 0.497 e. The molecule has 0 aromatic heterocycles. The molecule has 74 valence electrons. The first kappa shape index (κ1) is 10.4. The molecule has 3 nitrogen and oxygen atoms in total. The van der Waals surface area contributed by atoms with Gasteiger partial charge in [0.2, 0.25) is 0 Å². The van der Waals surface area contributed by atoms with Gasteiger partial charge in [-0.25, -0.2) is 0 Å². The standard InChI is InChI=1S/C11H14N2O/c1-9-8-10(14-2)4-5-11(9)13-7-3-6-12/h4-5,8,13H,3,7H2,1-2H3. The van der Waals surface area contributed by atoms with Gasteiger partial charge in [0.1, 0.15) is 5.75 Å². The summed E-state index contributed by atoms with van der Waals surface area (Å²) in [5.41, 5.74) is 2.18. The van der Waals surface area contributed by atoms with Gasteiger partial charge in [0.15, 0.2) is 0 Å². The molecule has 0 saturated heterocycles. The third-order valence-electron chi connectivity index (χ3n) is 1.99. The van der Waals surface area contributed by atoms with Gasteiger partial charge in [0, 0.05) is 12.2 Å². The quantitative estimate of drug-likeness (QED) is 0.741. The van der Waals surface area contributed by atoms with Crippen LogP contribution >= 0.6 is 0 Å². The minimum atomic E-state index is 0.519. The Bertz CT molecular complexity index is 342. The second-order valence-corrected chi connectivity index (χ2v) is 3.02. The van der Waals surface area contributed by atoms with Crippen molar-refractivity contribution in [3.63, 3.8) is 0 Å². The van der Waals surface area contributed by atoms with Crippen LogP contribution < -0.4 is 10.1 Å². The first-order valence-electron chi connectivity index (χ1n) is 4.53. The van der Waals surface area contributed by atoms with E-state index in [-0.39, 0.29) is 0 Å². The molecule has 0 aliphatic rings. The van der Waals surface area contributed by atoms with Crippen molar-refractivity contribution in [3.05, 3.63) is 23.8 Å². The van der Waals surface area contributed by atoms with Gasteiger partial charge >= 0.3 is 0 Å². The van der Waals surface area contributed by atoms with E-state index in [0.717, 1.165) is 17.0 Å². The first-order valence-corrected chi connectivity index (χ1v) is 4.53. The van der Waals surface area contributed by atoms with Crippen molar-refractivity contribution in [1.29, 1.82) is 5.26 Å². The third kappa shape index (κ3) is 2.67. The Morgan fingerprint density at radius 2 is 2.29 bits per heavy atom. The molecule has 0 saturated carbocycles. The van der Waals surface area contributed by atoms with Gasteiger partial charge < -0.3 is 10.1 Å². The lowest BCUT2D eigenvalue weighted by Gasteiger charge is -2.09. The number of hydrogen-bond donors (Lipinski definition) is 1. The summed E-state index contributed by atoms with van der Waals surface area (Å²) in [5, 5.41) is 11.6. The zero-order chi connectivity index (χ0) is 10.4. The molecule has 1 rings (SSSR count). The predicted molar refractivity (Wildman–Crippen MR) is 56.5 cm³/mol. The molecule has 0 unspecified atom stereocenters. The van der Waals surface area contributed by atoms with Crippen molar-refractivity contribution < 1.29 is 4.74 Å². The Balaban J connectivity index is 2.65. The summed E-state index contributed by atoms with van der Waals surface area (Å²) >= 11 is 0. The fraction of sp³-hybridized carbons (Fsp3) is 0.364. The number of rotatable bonds is 4. The van der Waals surface area contributed by atoms with Gasteiger partial charge in [-0.1, -0.05) is 0 Å². The highest BCUT2D eigenvalue weighted by Crippen LogP contribution is 2.20. The van der Waals surface area contributed by atoms with E-state index in [9.17, 15) is 0 Å². The molecule has 14 heavy (non-hydrogen) atoms. The summed E-state index contributed by atoms with van der Waals surface area (Å²) in [6, 6.07) is 7.93. The van der Waals surface area contributed by atoms with Gasteiger partial charge in [-0.05, 0) is 30.7 Å². The Kier molecular flexibility index (Phi) is 3.81. The first-order chi connectivity index (χ1) is 6.77. The van der Waals surface area contributed by atoms with Crippen LogP contribution in [0.4, 0.5) is 5.69 Å². The maximum Gasteiger partial charge on any atom is 0.119 e. The smallest absolute Gasteiger partial charge is 0.119 e. The maximum atomic E-state index is 8.39. The number of methoxy groups -OCH3 is 1. The highest BCUT2D eigenvalue weighted by Gasteiger charge is 1.98. The van der Waals surface area contributed by atoms with E-state index in [1.54, 1.807) is 7.11 Å². The van der Waals surface area contributed by atoms with Crippen LogP contribution in [0, 0.1) is 18.3 Å². The van der Waals surface area contributed by atoms with Gasteiger partial charge in [0.25, 0.3) is 0 Å². The van der Waals surface area contributed by atoms with E-state index >= 15 is 0 Å². The molecular formula is C11H14N2O. The van der Waals surface area contributed by atoms with Crippen molar-refractivity contribution in [2.45, 2.75) is 13.3 Å². The van der Waals surface area contributed by atoms with E-state index in [1.165, 1.54) is 0 Å². The molecule has 1 N–H and O–H groups in total. The Morgan fingerprint density at radius 3 is 2.86 bits per heavy atom. The minimum absolute atomic E-state index is 0.519. The highest BCUT2D eigenvalue weighted by molar-refractivity contribution is 5.53. The number of ether oxygens (including phenoxy) is 1.